The van der Waals surface area contributed by atoms with Crippen LogP contribution in [-0.4, -0.2) is 17.1 Å². The smallest absolute Gasteiger partial charge is 0.283 e. The van der Waals surface area contributed by atoms with Gasteiger partial charge in [-0.3, -0.25) is 10.1 Å². The number of nitro groups is 1. The molecule has 1 saturated carbocycles. The molecule has 0 saturated heterocycles. The molecule has 5 nitrogen and oxygen atoms in total. The van der Waals surface area contributed by atoms with Crippen LogP contribution in [0.5, 0.6) is 0 Å². The molecular formula is C13H17BrN2O3. The molecule has 0 radical (unpaired) electrons. The van der Waals surface area contributed by atoms with Crippen molar-refractivity contribution in [2.45, 2.75) is 37.8 Å². The molecule has 1 aromatic carbocycles. The maximum absolute atomic E-state index is 10.8. The lowest BCUT2D eigenvalue weighted by atomic mass is 10.0. The van der Waals surface area contributed by atoms with Gasteiger partial charge in [-0.1, -0.05) is 25.0 Å². The Morgan fingerprint density at radius 2 is 2.11 bits per heavy atom. The molecule has 104 valence electrons. The highest BCUT2D eigenvalue weighted by atomic mass is 79.9. The maximum atomic E-state index is 10.8. The van der Waals surface area contributed by atoms with E-state index in [0.29, 0.717) is 17.7 Å². The van der Waals surface area contributed by atoms with Gasteiger partial charge in [0, 0.05) is 11.6 Å². The summed E-state index contributed by atoms with van der Waals surface area (Å²) in [5, 5.41) is 10.8. The average molecular weight is 329 g/mol. The molecule has 1 aromatic rings. The zero-order chi connectivity index (χ0) is 13.9. The van der Waals surface area contributed by atoms with Gasteiger partial charge in [0.15, 0.2) is 0 Å². The molecule has 1 fully saturated rings. The lowest BCUT2D eigenvalue weighted by Gasteiger charge is -2.23. The average Bonchev–Trinajstić information content (AvgIpc) is 2.78. The van der Waals surface area contributed by atoms with Crippen LogP contribution in [-0.2, 0) is 11.3 Å². The number of rotatable bonds is 5. The molecule has 0 spiro atoms. The zero-order valence-corrected chi connectivity index (χ0v) is 12.2. The second-order valence-corrected chi connectivity index (χ2v) is 5.86. The van der Waals surface area contributed by atoms with E-state index in [-0.39, 0.29) is 11.2 Å². The fraction of sp³-hybridized carbons (Fsp3) is 0.538. The summed E-state index contributed by atoms with van der Waals surface area (Å²) in [5.74, 6) is 0. The molecule has 2 N–H and O–H groups in total. The number of hydrogen-bond donors (Lipinski definition) is 1. The Morgan fingerprint density at radius 3 is 2.74 bits per heavy atom. The van der Waals surface area contributed by atoms with Crippen molar-refractivity contribution >= 4 is 21.6 Å². The van der Waals surface area contributed by atoms with Crippen molar-refractivity contribution in [2.75, 3.05) is 6.61 Å². The Labute approximate surface area is 120 Å². The van der Waals surface area contributed by atoms with Crippen LogP contribution in [0.3, 0.4) is 0 Å². The van der Waals surface area contributed by atoms with E-state index >= 15 is 0 Å². The minimum atomic E-state index is -0.408. The fourth-order valence-corrected chi connectivity index (χ4v) is 2.93. The largest absolute Gasteiger partial charge is 0.375 e. The summed E-state index contributed by atoms with van der Waals surface area (Å²) >= 11 is 3.26. The van der Waals surface area contributed by atoms with Crippen molar-refractivity contribution in [3.63, 3.8) is 0 Å². The first kappa shape index (κ1) is 14.4. The van der Waals surface area contributed by atoms with Gasteiger partial charge in [0.05, 0.1) is 18.1 Å². The number of nitrogens with two attached hydrogens (primary N) is 1. The van der Waals surface area contributed by atoms with Gasteiger partial charge < -0.3 is 10.5 Å². The summed E-state index contributed by atoms with van der Waals surface area (Å²) < 4.78 is 6.13. The van der Waals surface area contributed by atoms with E-state index in [0.717, 1.165) is 31.2 Å². The molecule has 0 atom stereocenters. The minimum Gasteiger partial charge on any atom is -0.375 e. The summed E-state index contributed by atoms with van der Waals surface area (Å²) in [7, 11) is 0. The Hall–Kier alpha value is -0.980. The number of benzene rings is 1. The first-order valence-electron chi connectivity index (χ1n) is 6.30. The van der Waals surface area contributed by atoms with Gasteiger partial charge in [-0.25, -0.2) is 0 Å². The quantitative estimate of drug-likeness (QED) is 0.665. The summed E-state index contributed by atoms with van der Waals surface area (Å²) in [4.78, 5) is 10.4. The highest BCUT2D eigenvalue weighted by Crippen LogP contribution is 2.30. The van der Waals surface area contributed by atoms with Crippen LogP contribution in [0.15, 0.2) is 22.7 Å². The minimum absolute atomic E-state index is 0.0597. The van der Waals surface area contributed by atoms with Gasteiger partial charge in [0.25, 0.3) is 5.69 Å². The van der Waals surface area contributed by atoms with Crippen LogP contribution < -0.4 is 5.73 Å². The first-order chi connectivity index (χ1) is 9.02. The third kappa shape index (κ3) is 3.52. The topological polar surface area (TPSA) is 78.4 Å². The van der Waals surface area contributed by atoms with E-state index in [2.05, 4.69) is 15.9 Å². The normalized spacial score (nSPS) is 17.6. The molecule has 2 rings (SSSR count). The fourth-order valence-electron chi connectivity index (χ4n) is 2.41. The molecule has 0 amide bonds. The SMILES string of the molecule is NC1(COCc2cccc([N+](=O)[O-])c2Br)CCCC1. The molecule has 0 heterocycles. The van der Waals surface area contributed by atoms with Gasteiger partial charge in [-0.2, -0.15) is 0 Å². The lowest BCUT2D eigenvalue weighted by Crippen LogP contribution is -2.41. The monoisotopic (exact) mass is 328 g/mol. The Balaban J connectivity index is 1.96. The summed E-state index contributed by atoms with van der Waals surface area (Å²) in [5.41, 5.74) is 6.81. The van der Waals surface area contributed by atoms with Gasteiger partial charge in [-0.05, 0) is 34.3 Å². The molecule has 0 aromatic heterocycles. The molecule has 6 heteroatoms. The van der Waals surface area contributed by atoms with E-state index in [9.17, 15) is 10.1 Å². The van der Waals surface area contributed by atoms with Crippen LogP contribution in [0.25, 0.3) is 0 Å². The predicted molar refractivity (Wildman–Crippen MR) is 75.8 cm³/mol. The second kappa shape index (κ2) is 5.98. The summed E-state index contributed by atoms with van der Waals surface area (Å²) in [6.07, 6.45) is 4.28. The van der Waals surface area contributed by atoms with Crippen LogP contribution in [0.4, 0.5) is 5.69 Å². The first-order valence-corrected chi connectivity index (χ1v) is 7.09. The van der Waals surface area contributed by atoms with E-state index in [1.54, 1.807) is 6.07 Å². The predicted octanol–water partition coefficient (Wildman–Crippen LogP) is 3.15. The zero-order valence-electron chi connectivity index (χ0n) is 10.6. The van der Waals surface area contributed by atoms with Crippen molar-refractivity contribution in [1.29, 1.82) is 0 Å². The van der Waals surface area contributed by atoms with Crippen LogP contribution in [0.2, 0.25) is 0 Å². The van der Waals surface area contributed by atoms with Gasteiger partial charge in [0.2, 0.25) is 0 Å². The Kier molecular flexibility index (Phi) is 4.54. The number of hydrogen-bond acceptors (Lipinski definition) is 4. The lowest BCUT2D eigenvalue weighted by molar-refractivity contribution is -0.385. The second-order valence-electron chi connectivity index (χ2n) is 5.07. The van der Waals surface area contributed by atoms with Crippen molar-refractivity contribution in [3.05, 3.63) is 38.3 Å². The highest BCUT2D eigenvalue weighted by molar-refractivity contribution is 9.10. The molecule has 0 unspecified atom stereocenters. The molecule has 1 aliphatic carbocycles. The van der Waals surface area contributed by atoms with E-state index in [1.165, 1.54) is 6.07 Å². The van der Waals surface area contributed by atoms with Crippen molar-refractivity contribution in [3.8, 4) is 0 Å². The highest BCUT2D eigenvalue weighted by Gasteiger charge is 2.29. The van der Waals surface area contributed by atoms with Crippen LogP contribution >= 0.6 is 15.9 Å². The van der Waals surface area contributed by atoms with Crippen molar-refractivity contribution < 1.29 is 9.66 Å². The summed E-state index contributed by atoms with van der Waals surface area (Å²) in [6, 6.07) is 4.94. The van der Waals surface area contributed by atoms with Gasteiger partial charge in [-0.15, -0.1) is 0 Å². The molecule has 19 heavy (non-hydrogen) atoms. The van der Waals surface area contributed by atoms with E-state index in [4.69, 9.17) is 10.5 Å². The molecular weight excluding hydrogens is 312 g/mol. The van der Waals surface area contributed by atoms with Gasteiger partial charge in [0.1, 0.15) is 4.47 Å². The van der Waals surface area contributed by atoms with Crippen molar-refractivity contribution in [2.24, 2.45) is 5.73 Å². The number of nitrogens with zero attached hydrogens (tertiary/aromatic N) is 1. The molecule has 0 bridgehead atoms. The standard InChI is InChI=1S/C13H17BrN2O3/c14-12-10(4-3-5-11(12)16(17)18)8-19-9-13(15)6-1-2-7-13/h3-5H,1-2,6-9,15H2. The van der Waals surface area contributed by atoms with Crippen LogP contribution in [0, 0.1) is 10.1 Å². The van der Waals surface area contributed by atoms with E-state index < -0.39 is 4.92 Å². The summed E-state index contributed by atoms with van der Waals surface area (Å²) in [6.45, 7) is 0.837. The molecule has 1 aliphatic rings. The van der Waals surface area contributed by atoms with Crippen LogP contribution in [0.1, 0.15) is 31.2 Å². The van der Waals surface area contributed by atoms with Gasteiger partial charge >= 0.3 is 0 Å². The maximum Gasteiger partial charge on any atom is 0.283 e. The number of halogens is 1. The van der Waals surface area contributed by atoms with Crippen molar-refractivity contribution in [1.82, 2.24) is 0 Å². The Morgan fingerprint density at radius 1 is 1.42 bits per heavy atom. The number of ether oxygens (including phenoxy) is 1. The third-order valence-electron chi connectivity index (χ3n) is 3.50. The molecule has 0 aliphatic heterocycles. The third-order valence-corrected chi connectivity index (χ3v) is 4.42. The Bertz CT molecular complexity index is 473. The van der Waals surface area contributed by atoms with E-state index in [1.807, 2.05) is 6.07 Å². The number of nitro benzene ring substituents is 1.